The molecule has 1 N–H and O–H groups in total. The summed E-state index contributed by atoms with van der Waals surface area (Å²) in [4.78, 5) is 44.4. The van der Waals surface area contributed by atoms with Crippen molar-refractivity contribution in [1.29, 1.82) is 0 Å². The van der Waals surface area contributed by atoms with Gasteiger partial charge in [0.15, 0.2) is 11.4 Å². The first-order valence-corrected chi connectivity index (χ1v) is 17.1. The first-order chi connectivity index (χ1) is 22.7. The van der Waals surface area contributed by atoms with E-state index < -0.39 is 5.91 Å². The molecule has 0 aliphatic carbocycles. The second-order valence-electron chi connectivity index (χ2n) is 14.0. The fraction of sp³-hybridized carbons (Fsp3) is 0.486. The number of carbonyl (C=O) groups excluding carboxylic acids is 2. The van der Waals surface area contributed by atoms with Crippen LogP contribution in [0, 0.1) is 12.7 Å². The topological polar surface area (TPSA) is 96.2 Å². The van der Waals surface area contributed by atoms with Gasteiger partial charge < -0.3 is 14.8 Å². The van der Waals surface area contributed by atoms with Gasteiger partial charge in [-0.15, -0.1) is 0 Å². The second-order valence-corrected chi connectivity index (χ2v) is 14.0. The number of aromatic nitrogens is 4. The maximum absolute atomic E-state index is 14.6. The van der Waals surface area contributed by atoms with Gasteiger partial charge in [-0.3, -0.25) is 14.5 Å². The van der Waals surface area contributed by atoms with Crippen molar-refractivity contribution in [3.05, 3.63) is 89.5 Å². The third kappa shape index (κ3) is 6.04. The van der Waals surface area contributed by atoms with Crippen LogP contribution in [0.25, 0.3) is 11.0 Å². The van der Waals surface area contributed by atoms with Crippen LogP contribution in [0.5, 0.6) is 0 Å². The summed E-state index contributed by atoms with van der Waals surface area (Å²) in [6, 6.07) is 16.9. The Balaban J connectivity index is 1.07. The summed E-state index contributed by atoms with van der Waals surface area (Å²) in [5.74, 6) is 0.161. The lowest BCUT2D eigenvalue weighted by Crippen LogP contribution is -2.49. The number of fused-ring (bicyclic) bond motifs is 3. The van der Waals surface area contributed by atoms with Gasteiger partial charge in [0, 0.05) is 49.7 Å². The van der Waals surface area contributed by atoms with Crippen LogP contribution >= 0.6 is 0 Å². The van der Waals surface area contributed by atoms with Crippen LogP contribution in [0.15, 0.2) is 60.9 Å². The number of benzene rings is 2. The number of para-hydroxylation sites is 2. The molecule has 2 aromatic carbocycles. The number of nitrogens with one attached hydrogen (secondary N) is 1. The molecule has 3 saturated heterocycles. The van der Waals surface area contributed by atoms with E-state index in [2.05, 4.69) is 55.9 Å². The third-order valence-corrected chi connectivity index (χ3v) is 10.8. The van der Waals surface area contributed by atoms with Gasteiger partial charge in [-0.1, -0.05) is 24.3 Å². The molecule has 0 saturated carbocycles. The quantitative estimate of drug-likeness (QED) is 0.261. The van der Waals surface area contributed by atoms with E-state index >= 15 is 0 Å². The van der Waals surface area contributed by atoms with Crippen molar-refractivity contribution in [1.82, 2.24) is 34.6 Å². The molecule has 5 heterocycles. The van der Waals surface area contributed by atoms with E-state index in [1.165, 1.54) is 36.8 Å². The van der Waals surface area contributed by atoms with Crippen molar-refractivity contribution < 1.29 is 14.0 Å². The van der Waals surface area contributed by atoms with Crippen LogP contribution in [0.4, 0.5) is 4.39 Å². The molecule has 9 nitrogen and oxygen atoms in total. The van der Waals surface area contributed by atoms with Crippen molar-refractivity contribution in [3.8, 4) is 0 Å². The third-order valence-electron chi connectivity index (χ3n) is 10.8. The largest absolute Gasteiger partial charge is 0.348 e. The zero-order chi connectivity index (χ0) is 32.7. The highest BCUT2D eigenvalue weighted by Crippen LogP contribution is 2.45. The monoisotopic (exact) mass is 637 g/mol. The van der Waals surface area contributed by atoms with E-state index in [1.54, 1.807) is 17.0 Å². The van der Waals surface area contributed by atoms with Gasteiger partial charge in [0.25, 0.3) is 11.8 Å². The first kappa shape index (κ1) is 31.4. The van der Waals surface area contributed by atoms with E-state index in [9.17, 15) is 14.0 Å². The smallest absolute Gasteiger partial charge is 0.274 e. The molecular formula is C37H44FN7O2. The normalized spacial score (nSPS) is 22.6. The number of nitrogens with zero attached hydrogens (tertiary/aromatic N) is 6. The highest BCUT2D eigenvalue weighted by molar-refractivity contribution is 6.04. The van der Waals surface area contributed by atoms with Crippen LogP contribution < -0.4 is 5.32 Å². The van der Waals surface area contributed by atoms with Gasteiger partial charge in [-0.05, 0) is 108 Å². The number of rotatable bonds is 8. The molecule has 47 heavy (non-hydrogen) atoms. The molecule has 2 amide bonds. The lowest BCUT2D eigenvalue weighted by Gasteiger charge is -2.45. The van der Waals surface area contributed by atoms with E-state index in [0.29, 0.717) is 44.1 Å². The van der Waals surface area contributed by atoms with Crippen LogP contribution in [-0.2, 0) is 5.41 Å². The summed E-state index contributed by atoms with van der Waals surface area (Å²) in [6.07, 6.45) is 9.83. The molecule has 0 spiro atoms. The number of aryl methyl sites for hydroxylation is 1. The summed E-state index contributed by atoms with van der Waals surface area (Å²) < 4.78 is 17.1. The second kappa shape index (κ2) is 12.8. The number of carbonyl (C=O) groups is 2. The molecule has 3 atom stereocenters. The van der Waals surface area contributed by atoms with Crippen LogP contribution in [0.3, 0.4) is 0 Å². The fourth-order valence-electron chi connectivity index (χ4n) is 8.57. The Kier molecular flexibility index (Phi) is 8.55. The van der Waals surface area contributed by atoms with Crippen molar-refractivity contribution >= 4 is 22.8 Å². The fourth-order valence-corrected chi connectivity index (χ4v) is 8.57. The Hall–Kier alpha value is -4.18. The average Bonchev–Trinajstić information content (AvgIpc) is 3.53. The zero-order valence-electron chi connectivity index (χ0n) is 27.5. The Morgan fingerprint density at radius 3 is 2.36 bits per heavy atom. The summed E-state index contributed by atoms with van der Waals surface area (Å²) >= 11 is 0. The average molecular weight is 638 g/mol. The Morgan fingerprint density at radius 2 is 1.66 bits per heavy atom. The zero-order valence-corrected chi connectivity index (χ0v) is 27.5. The number of imidazole rings is 1. The van der Waals surface area contributed by atoms with Crippen molar-refractivity contribution in [2.24, 2.45) is 0 Å². The lowest BCUT2D eigenvalue weighted by molar-refractivity contribution is 0.0597. The highest BCUT2D eigenvalue weighted by Gasteiger charge is 2.44. The molecule has 3 aliphatic rings. The number of likely N-dealkylation sites (tertiary alicyclic amines) is 1. The summed E-state index contributed by atoms with van der Waals surface area (Å²) in [5, 5.41) is 2.82. The molecule has 3 aliphatic heterocycles. The summed E-state index contributed by atoms with van der Waals surface area (Å²) in [5.41, 5.74) is 3.16. The van der Waals surface area contributed by atoms with Gasteiger partial charge in [0.1, 0.15) is 11.6 Å². The lowest BCUT2D eigenvalue weighted by atomic mass is 9.70. The molecule has 2 aromatic heterocycles. The molecule has 10 heteroatoms. The number of hydrogen-bond donors (Lipinski definition) is 1. The predicted octanol–water partition coefficient (Wildman–Crippen LogP) is 5.84. The molecule has 2 bridgehead atoms. The van der Waals surface area contributed by atoms with Crippen molar-refractivity contribution in [2.75, 3.05) is 19.6 Å². The Bertz CT molecular complexity index is 1770. The SMILES string of the molecule is Cc1nc2ccccc2n1C1C[C@H]2CC[C@@H](C1)N2CCC1(c2cccc(F)c2)CCN(C(=O)c2nccnc2C(=O)NC(C)C)CC1. The predicted molar refractivity (Wildman–Crippen MR) is 179 cm³/mol. The summed E-state index contributed by atoms with van der Waals surface area (Å²) in [7, 11) is 0. The maximum Gasteiger partial charge on any atom is 0.274 e. The summed E-state index contributed by atoms with van der Waals surface area (Å²) in [6.45, 7) is 7.79. The van der Waals surface area contributed by atoms with Gasteiger partial charge in [0.05, 0.1) is 11.0 Å². The van der Waals surface area contributed by atoms with Gasteiger partial charge in [-0.2, -0.15) is 0 Å². The van der Waals surface area contributed by atoms with Crippen LogP contribution in [0.1, 0.15) is 97.2 Å². The van der Waals surface area contributed by atoms with Gasteiger partial charge in [0.2, 0.25) is 0 Å². The standard InChI is InChI=1S/C37H44FN7O2/c1-24(2)41-35(46)33-34(40-17-16-39-33)36(47)43-18-13-37(14-19-43,26-7-6-8-27(38)21-26)15-20-44-28-11-12-29(44)23-30(22-28)45-25(3)42-31-9-4-5-10-32(31)45/h4-10,16-17,21,24,28-30H,11-15,18-20,22-23H2,1-3H3,(H,41,46)/t28-,29+,30?. The van der Waals surface area contributed by atoms with Crippen LogP contribution in [0.2, 0.25) is 0 Å². The molecular weight excluding hydrogens is 593 g/mol. The minimum Gasteiger partial charge on any atom is -0.348 e. The highest BCUT2D eigenvalue weighted by atomic mass is 19.1. The molecule has 0 radical (unpaired) electrons. The number of piperidine rings is 2. The Morgan fingerprint density at radius 1 is 0.957 bits per heavy atom. The van der Waals surface area contributed by atoms with Crippen molar-refractivity contribution in [3.63, 3.8) is 0 Å². The van der Waals surface area contributed by atoms with E-state index in [4.69, 9.17) is 4.98 Å². The number of amides is 2. The van der Waals surface area contributed by atoms with Gasteiger partial charge in [-0.25, -0.2) is 19.3 Å². The number of hydrogen-bond acceptors (Lipinski definition) is 6. The minimum absolute atomic E-state index is 0.0472. The molecule has 246 valence electrons. The van der Waals surface area contributed by atoms with E-state index in [1.807, 2.05) is 19.9 Å². The van der Waals surface area contributed by atoms with E-state index in [0.717, 1.165) is 42.7 Å². The maximum atomic E-state index is 14.6. The van der Waals surface area contributed by atoms with Crippen LogP contribution in [-0.4, -0.2) is 78.9 Å². The molecule has 3 fully saturated rings. The number of halogens is 1. The Labute approximate surface area is 275 Å². The van der Waals surface area contributed by atoms with Gasteiger partial charge >= 0.3 is 0 Å². The molecule has 1 unspecified atom stereocenters. The first-order valence-electron chi connectivity index (χ1n) is 17.1. The molecule has 7 rings (SSSR count). The van der Waals surface area contributed by atoms with Crippen molar-refractivity contribution in [2.45, 2.75) is 95.3 Å². The van der Waals surface area contributed by atoms with E-state index in [-0.39, 0.29) is 34.6 Å². The molecule has 4 aromatic rings. The minimum atomic E-state index is -0.405.